The molecule has 0 aliphatic heterocycles. The van der Waals surface area contributed by atoms with Crippen molar-refractivity contribution >= 4 is 55.8 Å². The van der Waals surface area contributed by atoms with E-state index in [2.05, 4.69) is 15.9 Å². The smallest absolute Gasteiger partial charge is 0.292 e. The fourth-order valence-corrected chi connectivity index (χ4v) is 3.80. The Morgan fingerprint density at radius 3 is 2.10 bits per heavy atom. The number of rotatable bonds is 4. The van der Waals surface area contributed by atoms with Crippen molar-refractivity contribution in [2.45, 2.75) is 6.54 Å². The largest absolute Gasteiger partial charge is 0.336 e. The topological polar surface area (TPSA) is 61.1 Å². The molecule has 1 heterocycles. The molecule has 0 saturated carbocycles. The molecule has 0 fully saturated rings. The Morgan fingerprint density at radius 2 is 1.47 bits per heavy atom. The quantitative estimate of drug-likeness (QED) is 0.364. The molecular weight excluding hydrogens is 491 g/mol. The minimum Gasteiger partial charge on any atom is -0.292 e. The molecule has 0 N–H and O–H groups in total. The number of carbonyl (C=O) groups excluding carboxylic acids is 1. The normalized spacial score (nSPS) is 11.0. The SMILES string of the molecule is O=C(Cn1c(=O)n(-c2ccc(Cl)cc2)c(=O)c2cc(Br)ccc21)c1ccc(Cl)cc1. The summed E-state index contributed by atoms with van der Waals surface area (Å²) in [6.45, 7) is -0.230. The van der Waals surface area contributed by atoms with Crippen molar-refractivity contribution in [3.05, 3.63) is 108 Å². The van der Waals surface area contributed by atoms with Crippen LogP contribution in [0.2, 0.25) is 10.0 Å². The molecule has 0 atom stereocenters. The average molecular weight is 504 g/mol. The van der Waals surface area contributed by atoms with Crippen molar-refractivity contribution in [3.63, 3.8) is 0 Å². The van der Waals surface area contributed by atoms with Crippen LogP contribution in [-0.4, -0.2) is 14.9 Å². The van der Waals surface area contributed by atoms with Crippen LogP contribution in [0.1, 0.15) is 10.4 Å². The molecule has 0 aliphatic rings. The molecule has 0 aliphatic carbocycles. The summed E-state index contributed by atoms with van der Waals surface area (Å²) in [6.07, 6.45) is 0. The summed E-state index contributed by atoms with van der Waals surface area (Å²) in [5, 5.41) is 1.30. The van der Waals surface area contributed by atoms with E-state index in [9.17, 15) is 14.4 Å². The van der Waals surface area contributed by atoms with Crippen molar-refractivity contribution in [2.75, 3.05) is 0 Å². The lowest BCUT2D eigenvalue weighted by Crippen LogP contribution is -2.40. The Morgan fingerprint density at radius 1 is 0.867 bits per heavy atom. The van der Waals surface area contributed by atoms with Crippen molar-refractivity contribution in [1.82, 2.24) is 9.13 Å². The molecule has 1 aromatic heterocycles. The zero-order chi connectivity index (χ0) is 21.4. The number of hydrogen-bond acceptors (Lipinski definition) is 3. The van der Waals surface area contributed by atoms with Gasteiger partial charge in [-0.25, -0.2) is 9.36 Å². The first-order chi connectivity index (χ1) is 14.3. The van der Waals surface area contributed by atoms with Gasteiger partial charge in [-0.1, -0.05) is 39.1 Å². The van der Waals surface area contributed by atoms with Crippen molar-refractivity contribution in [3.8, 4) is 5.69 Å². The summed E-state index contributed by atoms with van der Waals surface area (Å²) >= 11 is 15.2. The lowest BCUT2D eigenvalue weighted by molar-refractivity contribution is 0.0971. The van der Waals surface area contributed by atoms with Crippen LogP contribution < -0.4 is 11.2 Å². The fraction of sp³-hybridized carbons (Fsp3) is 0.0455. The molecule has 0 unspecified atom stereocenters. The van der Waals surface area contributed by atoms with Gasteiger partial charge < -0.3 is 0 Å². The van der Waals surface area contributed by atoms with Crippen LogP contribution in [0.15, 0.2) is 80.8 Å². The maximum Gasteiger partial charge on any atom is 0.336 e. The van der Waals surface area contributed by atoms with E-state index in [1.165, 1.54) is 4.57 Å². The van der Waals surface area contributed by atoms with Gasteiger partial charge in [-0.15, -0.1) is 0 Å². The molecule has 150 valence electrons. The van der Waals surface area contributed by atoms with E-state index in [-0.39, 0.29) is 12.3 Å². The first-order valence-corrected chi connectivity index (χ1v) is 10.4. The van der Waals surface area contributed by atoms with Gasteiger partial charge in [0.25, 0.3) is 5.56 Å². The van der Waals surface area contributed by atoms with Crippen LogP contribution >= 0.6 is 39.1 Å². The summed E-state index contributed by atoms with van der Waals surface area (Å²) in [4.78, 5) is 39.3. The van der Waals surface area contributed by atoms with E-state index >= 15 is 0 Å². The third-order valence-corrected chi connectivity index (χ3v) is 5.66. The Balaban J connectivity index is 1.95. The molecule has 0 bridgehead atoms. The Hall–Kier alpha value is -2.67. The first-order valence-electron chi connectivity index (χ1n) is 8.85. The second-order valence-electron chi connectivity index (χ2n) is 6.58. The van der Waals surface area contributed by atoms with E-state index < -0.39 is 11.2 Å². The molecule has 4 rings (SSSR count). The Bertz CT molecular complexity index is 1390. The fourth-order valence-electron chi connectivity index (χ4n) is 3.19. The van der Waals surface area contributed by atoms with Gasteiger partial charge in [-0.3, -0.25) is 14.2 Å². The maximum absolute atomic E-state index is 13.3. The zero-order valence-electron chi connectivity index (χ0n) is 15.3. The van der Waals surface area contributed by atoms with Gasteiger partial charge in [0.05, 0.1) is 23.1 Å². The van der Waals surface area contributed by atoms with Crippen LogP contribution in [0.4, 0.5) is 0 Å². The van der Waals surface area contributed by atoms with E-state index in [1.807, 2.05) is 0 Å². The Kier molecular flexibility index (Phi) is 5.64. The predicted octanol–water partition coefficient (Wildman–Crippen LogP) is 5.10. The van der Waals surface area contributed by atoms with Gasteiger partial charge in [0, 0.05) is 20.1 Å². The molecular formula is C22H13BrCl2N2O3. The summed E-state index contributed by atoms with van der Waals surface area (Å²) < 4.78 is 3.03. The highest BCUT2D eigenvalue weighted by atomic mass is 79.9. The lowest BCUT2D eigenvalue weighted by atomic mass is 10.1. The monoisotopic (exact) mass is 502 g/mol. The number of aromatic nitrogens is 2. The van der Waals surface area contributed by atoms with Gasteiger partial charge in [0.2, 0.25) is 0 Å². The predicted molar refractivity (Wildman–Crippen MR) is 122 cm³/mol. The van der Waals surface area contributed by atoms with Crippen LogP contribution in [0.3, 0.4) is 0 Å². The molecule has 0 saturated heterocycles. The maximum atomic E-state index is 13.3. The average Bonchev–Trinajstić information content (AvgIpc) is 2.73. The summed E-state index contributed by atoms with van der Waals surface area (Å²) in [7, 11) is 0. The number of Topliss-reactive ketones (excluding diaryl/α,β-unsaturated/α-hetero) is 1. The minimum absolute atomic E-state index is 0.230. The van der Waals surface area contributed by atoms with Crippen molar-refractivity contribution < 1.29 is 4.79 Å². The van der Waals surface area contributed by atoms with Gasteiger partial charge in [0.1, 0.15) is 0 Å². The van der Waals surface area contributed by atoms with Crippen LogP contribution in [0.25, 0.3) is 16.6 Å². The van der Waals surface area contributed by atoms with Gasteiger partial charge in [-0.2, -0.15) is 0 Å². The van der Waals surface area contributed by atoms with E-state index in [4.69, 9.17) is 23.2 Å². The zero-order valence-corrected chi connectivity index (χ0v) is 18.4. The third-order valence-electron chi connectivity index (χ3n) is 4.66. The van der Waals surface area contributed by atoms with Crippen LogP contribution in [0.5, 0.6) is 0 Å². The second-order valence-corrected chi connectivity index (χ2v) is 8.37. The van der Waals surface area contributed by atoms with E-state index in [0.717, 1.165) is 4.57 Å². The highest BCUT2D eigenvalue weighted by molar-refractivity contribution is 9.10. The molecule has 0 radical (unpaired) electrons. The molecule has 5 nitrogen and oxygen atoms in total. The first kappa shape index (κ1) is 20.6. The minimum atomic E-state index is -0.612. The molecule has 4 aromatic rings. The van der Waals surface area contributed by atoms with Crippen LogP contribution in [-0.2, 0) is 6.54 Å². The number of fused-ring (bicyclic) bond motifs is 1. The summed E-state index contributed by atoms with van der Waals surface area (Å²) in [5.41, 5.74) is 0.0683. The third kappa shape index (κ3) is 3.86. The molecule has 8 heteroatoms. The number of halogens is 3. The molecule has 0 amide bonds. The van der Waals surface area contributed by atoms with Gasteiger partial charge >= 0.3 is 5.69 Å². The number of nitrogens with zero attached hydrogens (tertiary/aromatic N) is 2. The molecule has 0 spiro atoms. The molecule has 30 heavy (non-hydrogen) atoms. The Labute approximate surface area is 189 Å². The summed E-state index contributed by atoms with van der Waals surface area (Å²) in [5.74, 6) is -0.278. The lowest BCUT2D eigenvalue weighted by Gasteiger charge is -2.14. The van der Waals surface area contributed by atoms with Crippen LogP contribution in [0, 0.1) is 0 Å². The van der Waals surface area contributed by atoms with Gasteiger partial charge in [-0.05, 0) is 66.7 Å². The second kappa shape index (κ2) is 8.22. The van der Waals surface area contributed by atoms with Gasteiger partial charge in [0.15, 0.2) is 5.78 Å². The van der Waals surface area contributed by atoms with Crippen molar-refractivity contribution in [1.29, 1.82) is 0 Å². The molecule has 3 aromatic carbocycles. The standard InChI is InChI=1S/C22H13BrCl2N2O3/c23-14-3-10-19-18(11-14)21(29)27(17-8-6-16(25)7-9-17)22(30)26(19)12-20(28)13-1-4-15(24)5-2-13/h1-11H,12H2. The number of carbonyl (C=O) groups is 1. The highest BCUT2D eigenvalue weighted by Crippen LogP contribution is 2.18. The highest BCUT2D eigenvalue weighted by Gasteiger charge is 2.17. The number of benzene rings is 3. The number of ketones is 1. The van der Waals surface area contributed by atoms with E-state index in [0.29, 0.717) is 36.7 Å². The van der Waals surface area contributed by atoms with Crippen molar-refractivity contribution in [2.24, 2.45) is 0 Å². The number of hydrogen-bond donors (Lipinski definition) is 0. The summed E-state index contributed by atoms with van der Waals surface area (Å²) in [6, 6.07) is 17.8. The van der Waals surface area contributed by atoms with E-state index in [1.54, 1.807) is 66.7 Å².